The monoisotopic (exact) mass is 268 g/mol. The minimum absolute atomic E-state index is 0.146. The van der Waals surface area contributed by atoms with E-state index in [1.165, 1.54) is 0 Å². The summed E-state index contributed by atoms with van der Waals surface area (Å²) in [6.07, 6.45) is 1.81. The molecular weight excluding hydrogens is 248 g/mol. The van der Waals surface area contributed by atoms with E-state index in [4.69, 9.17) is 5.73 Å². The average molecular weight is 268 g/mol. The first-order valence-electron chi connectivity index (χ1n) is 5.74. The van der Waals surface area contributed by atoms with Crippen LogP contribution in [-0.2, 0) is 10.0 Å². The lowest BCUT2D eigenvalue weighted by Gasteiger charge is -2.10. The third-order valence-electron chi connectivity index (χ3n) is 2.70. The molecule has 1 rings (SSSR count). The van der Waals surface area contributed by atoms with Gasteiger partial charge in [0.15, 0.2) is 0 Å². The zero-order valence-corrected chi connectivity index (χ0v) is 12.1. The number of sulfonamides is 1. The Bertz CT molecular complexity index is 571. The number of nitrogen functional groups attached to an aromatic ring is 1. The lowest BCUT2D eigenvalue weighted by Crippen LogP contribution is -2.25. The van der Waals surface area contributed by atoms with Gasteiger partial charge in [-0.2, -0.15) is 0 Å². The van der Waals surface area contributed by atoms with Crippen LogP contribution in [0.1, 0.15) is 25.0 Å². The standard InChI is InChI=1S/C13H20N2O2S/c1-9(2)5-6-15-18(16,17)13-8-11(4)10(3)7-12(13)14/h5,7-8,15H,6,14H2,1-4H3. The van der Waals surface area contributed by atoms with E-state index in [9.17, 15) is 8.42 Å². The van der Waals surface area contributed by atoms with Gasteiger partial charge in [0, 0.05) is 6.54 Å². The molecule has 0 saturated carbocycles. The number of nitrogens with one attached hydrogen (secondary N) is 1. The van der Waals surface area contributed by atoms with Crippen molar-refractivity contribution in [1.82, 2.24) is 4.72 Å². The van der Waals surface area contributed by atoms with Gasteiger partial charge in [0.2, 0.25) is 10.0 Å². The number of aryl methyl sites for hydroxylation is 2. The summed E-state index contributed by atoms with van der Waals surface area (Å²) in [5.74, 6) is 0. The van der Waals surface area contributed by atoms with Gasteiger partial charge in [-0.25, -0.2) is 13.1 Å². The molecule has 0 heterocycles. The molecule has 4 nitrogen and oxygen atoms in total. The number of hydrogen-bond acceptors (Lipinski definition) is 3. The molecule has 0 aliphatic rings. The molecule has 0 amide bonds. The number of hydrogen-bond donors (Lipinski definition) is 2. The Morgan fingerprint density at radius 3 is 2.39 bits per heavy atom. The summed E-state index contributed by atoms with van der Waals surface area (Å²) in [7, 11) is -3.55. The maximum atomic E-state index is 12.1. The molecule has 0 unspecified atom stereocenters. The Labute approximate surface area is 109 Å². The molecule has 0 bridgehead atoms. The van der Waals surface area contributed by atoms with Crippen molar-refractivity contribution in [3.8, 4) is 0 Å². The zero-order valence-electron chi connectivity index (χ0n) is 11.2. The van der Waals surface area contributed by atoms with Crippen LogP contribution < -0.4 is 10.5 Å². The largest absolute Gasteiger partial charge is 0.398 e. The molecule has 0 fully saturated rings. The van der Waals surface area contributed by atoms with Crippen LogP contribution in [-0.4, -0.2) is 15.0 Å². The molecule has 1 aromatic rings. The topological polar surface area (TPSA) is 72.2 Å². The Morgan fingerprint density at radius 2 is 1.83 bits per heavy atom. The molecule has 0 saturated heterocycles. The minimum Gasteiger partial charge on any atom is -0.398 e. The Kier molecular flexibility index (Phi) is 4.53. The van der Waals surface area contributed by atoms with E-state index in [1.807, 2.05) is 33.8 Å². The second kappa shape index (κ2) is 5.54. The third-order valence-corrected chi connectivity index (χ3v) is 4.18. The minimum atomic E-state index is -3.55. The fourth-order valence-corrected chi connectivity index (χ4v) is 2.64. The highest BCUT2D eigenvalue weighted by Gasteiger charge is 2.17. The van der Waals surface area contributed by atoms with Crippen LogP contribution in [0, 0.1) is 13.8 Å². The summed E-state index contributed by atoms with van der Waals surface area (Å²) in [5.41, 5.74) is 9.01. The van der Waals surface area contributed by atoms with Crippen LogP contribution in [0.4, 0.5) is 5.69 Å². The first kappa shape index (κ1) is 14.7. The first-order chi connectivity index (χ1) is 8.24. The maximum absolute atomic E-state index is 12.1. The predicted octanol–water partition coefficient (Wildman–Crippen LogP) is 2.13. The van der Waals surface area contributed by atoms with Gasteiger partial charge in [0.25, 0.3) is 0 Å². The molecule has 0 atom stereocenters. The second-order valence-electron chi connectivity index (χ2n) is 4.61. The van der Waals surface area contributed by atoms with Gasteiger partial charge in [-0.05, 0) is 51.0 Å². The summed E-state index contributed by atoms with van der Waals surface area (Å²) in [6.45, 7) is 7.87. The molecule has 0 spiro atoms. The van der Waals surface area contributed by atoms with Crippen molar-refractivity contribution in [2.75, 3.05) is 12.3 Å². The van der Waals surface area contributed by atoms with E-state index in [0.717, 1.165) is 16.7 Å². The highest BCUT2D eigenvalue weighted by molar-refractivity contribution is 7.89. The average Bonchev–Trinajstić information content (AvgIpc) is 2.22. The highest BCUT2D eigenvalue weighted by atomic mass is 32.2. The van der Waals surface area contributed by atoms with E-state index in [1.54, 1.807) is 12.1 Å². The molecule has 5 heteroatoms. The van der Waals surface area contributed by atoms with Gasteiger partial charge in [0.05, 0.1) is 5.69 Å². The van der Waals surface area contributed by atoms with Crippen molar-refractivity contribution >= 4 is 15.7 Å². The first-order valence-corrected chi connectivity index (χ1v) is 7.22. The summed E-state index contributed by atoms with van der Waals surface area (Å²) in [5, 5.41) is 0. The van der Waals surface area contributed by atoms with Crippen molar-refractivity contribution in [2.24, 2.45) is 0 Å². The van der Waals surface area contributed by atoms with Crippen LogP contribution in [0.3, 0.4) is 0 Å². The number of nitrogens with two attached hydrogens (primary N) is 1. The third kappa shape index (κ3) is 3.58. The molecule has 0 aliphatic carbocycles. The molecule has 3 N–H and O–H groups in total. The van der Waals surface area contributed by atoms with E-state index in [2.05, 4.69) is 4.72 Å². The smallest absolute Gasteiger partial charge is 0.242 e. The number of allylic oxidation sites excluding steroid dienone is 1. The maximum Gasteiger partial charge on any atom is 0.242 e. The molecule has 0 aromatic heterocycles. The van der Waals surface area contributed by atoms with Crippen molar-refractivity contribution in [1.29, 1.82) is 0 Å². The SMILES string of the molecule is CC(C)=CCNS(=O)(=O)c1cc(C)c(C)cc1N. The molecule has 1 aromatic carbocycles. The summed E-state index contributed by atoms with van der Waals surface area (Å²) in [4.78, 5) is 0.146. The van der Waals surface area contributed by atoms with E-state index in [-0.39, 0.29) is 17.1 Å². The van der Waals surface area contributed by atoms with Gasteiger partial charge in [-0.15, -0.1) is 0 Å². The normalized spacial score (nSPS) is 11.3. The Balaban J connectivity index is 3.06. The highest BCUT2D eigenvalue weighted by Crippen LogP contribution is 2.22. The lowest BCUT2D eigenvalue weighted by molar-refractivity contribution is 0.586. The zero-order chi connectivity index (χ0) is 13.9. The van der Waals surface area contributed by atoms with Gasteiger partial charge >= 0.3 is 0 Å². The molecule has 0 radical (unpaired) electrons. The van der Waals surface area contributed by atoms with Crippen molar-refractivity contribution in [3.63, 3.8) is 0 Å². The summed E-state index contributed by atoms with van der Waals surface area (Å²) >= 11 is 0. The number of benzene rings is 1. The fraction of sp³-hybridized carbons (Fsp3) is 0.385. The molecule has 18 heavy (non-hydrogen) atoms. The summed E-state index contributed by atoms with van der Waals surface area (Å²) < 4.78 is 26.7. The quantitative estimate of drug-likeness (QED) is 0.649. The van der Waals surface area contributed by atoms with Crippen LogP contribution in [0.5, 0.6) is 0 Å². The van der Waals surface area contributed by atoms with E-state index in [0.29, 0.717) is 0 Å². The van der Waals surface area contributed by atoms with Crippen molar-refractivity contribution in [2.45, 2.75) is 32.6 Å². The van der Waals surface area contributed by atoms with Gasteiger partial charge in [-0.3, -0.25) is 0 Å². The molecule has 0 aliphatic heterocycles. The summed E-state index contributed by atoms with van der Waals surface area (Å²) in [6, 6.07) is 3.29. The second-order valence-corrected chi connectivity index (χ2v) is 6.34. The van der Waals surface area contributed by atoms with E-state index < -0.39 is 10.0 Å². The van der Waals surface area contributed by atoms with Crippen LogP contribution >= 0.6 is 0 Å². The van der Waals surface area contributed by atoms with Crippen LogP contribution in [0.15, 0.2) is 28.7 Å². The Hall–Kier alpha value is -1.33. The Morgan fingerprint density at radius 1 is 1.28 bits per heavy atom. The van der Waals surface area contributed by atoms with Crippen molar-refractivity contribution in [3.05, 3.63) is 34.9 Å². The van der Waals surface area contributed by atoms with Crippen LogP contribution in [0.25, 0.3) is 0 Å². The van der Waals surface area contributed by atoms with Crippen molar-refractivity contribution < 1.29 is 8.42 Å². The predicted molar refractivity (Wildman–Crippen MR) is 74.9 cm³/mol. The number of anilines is 1. The van der Waals surface area contributed by atoms with Gasteiger partial charge < -0.3 is 5.73 Å². The van der Waals surface area contributed by atoms with Crippen LogP contribution in [0.2, 0.25) is 0 Å². The van der Waals surface area contributed by atoms with Gasteiger partial charge in [-0.1, -0.05) is 11.6 Å². The number of rotatable bonds is 4. The van der Waals surface area contributed by atoms with Gasteiger partial charge in [0.1, 0.15) is 4.90 Å². The lowest BCUT2D eigenvalue weighted by atomic mass is 10.1. The fourth-order valence-electron chi connectivity index (χ4n) is 1.48. The molecule has 100 valence electrons. The van der Waals surface area contributed by atoms with E-state index >= 15 is 0 Å². The molecular formula is C13H20N2O2S.